The van der Waals surface area contributed by atoms with Crippen molar-refractivity contribution in [2.45, 2.75) is 39.2 Å². The second kappa shape index (κ2) is 6.54. The lowest BCUT2D eigenvalue weighted by Crippen LogP contribution is -2.30. The zero-order chi connectivity index (χ0) is 12.0. The van der Waals surface area contributed by atoms with Gasteiger partial charge in [0.25, 0.3) is 0 Å². The van der Waals surface area contributed by atoms with E-state index >= 15 is 0 Å². The molecule has 1 rings (SSSR count). The van der Waals surface area contributed by atoms with Gasteiger partial charge in [0.05, 0.1) is 0 Å². The third-order valence-corrected chi connectivity index (χ3v) is 3.12. The summed E-state index contributed by atoms with van der Waals surface area (Å²) in [7, 11) is 2.19. The molecule has 0 saturated heterocycles. The second-order valence-corrected chi connectivity index (χ2v) is 4.53. The monoisotopic (exact) mass is 221 g/mol. The summed E-state index contributed by atoms with van der Waals surface area (Å²) < 4.78 is 0. The smallest absolute Gasteiger partial charge is 0.115 e. The Hall–Kier alpha value is -1.02. The number of hydrogen-bond acceptors (Lipinski definition) is 2. The molecule has 0 heterocycles. The fourth-order valence-electron chi connectivity index (χ4n) is 1.83. The Bertz CT molecular complexity index is 294. The van der Waals surface area contributed by atoms with E-state index in [1.54, 1.807) is 12.1 Å². The fourth-order valence-corrected chi connectivity index (χ4v) is 1.83. The molecule has 0 aliphatic carbocycles. The van der Waals surface area contributed by atoms with Crippen LogP contribution in [0.25, 0.3) is 0 Å². The van der Waals surface area contributed by atoms with E-state index in [-0.39, 0.29) is 0 Å². The molecule has 1 atom stereocenters. The molecule has 0 aliphatic heterocycles. The fraction of sp³-hybridized carbons (Fsp3) is 0.571. The SMILES string of the molecule is CCCN(C)C(C)CCc1ccc(O)cc1. The molecule has 1 N–H and O–H groups in total. The lowest BCUT2D eigenvalue weighted by Gasteiger charge is -2.24. The summed E-state index contributed by atoms with van der Waals surface area (Å²) in [6.45, 7) is 5.65. The Balaban J connectivity index is 2.36. The van der Waals surface area contributed by atoms with Gasteiger partial charge in [0.15, 0.2) is 0 Å². The molecule has 0 amide bonds. The minimum atomic E-state index is 0.347. The number of rotatable bonds is 6. The van der Waals surface area contributed by atoms with Crippen molar-refractivity contribution in [2.75, 3.05) is 13.6 Å². The third-order valence-electron chi connectivity index (χ3n) is 3.12. The molecule has 2 heteroatoms. The van der Waals surface area contributed by atoms with Crippen molar-refractivity contribution >= 4 is 0 Å². The topological polar surface area (TPSA) is 23.5 Å². The molecule has 0 spiro atoms. The van der Waals surface area contributed by atoms with Crippen LogP contribution in [0.1, 0.15) is 32.3 Å². The van der Waals surface area contributed by atoms with E-state index in [0.717, 1.165) is 13.0 Å². The molecule has 0 aliphatic rings. The van der Waals surface area contributed by atoms with Crippen molar-refractivity contribution < 1.29 is 5.11 Å². The largest absolute Gasteiger partial charge is 0.508 e. The van der Waals surface area contributed by atoms with Crippen LogP contribution in [0.2, 0.25) is 0 Å². The van der Waals surface area contributed by atoms with E-state index in [2.05, 4.69) is 25.8 Å². The summed E-state index contributed by atoms with van der Waals surface area (Å²) in [5.74, 6) is 0.347. The highest BCUT2D eigenvalue weighted by atomic mass is 16.3. The highest BCUT2D eigenvalue weighted by Gasteiger charge is 2.07. The molecule has 1 aromatic rings. The molecule has 0 fully saturated rings. The average molecular weight is 221 g/mol. The number of hydrogen-bond donors (Lipinski definition) is 1. The first kappa shape index (κ1) is 13.0. The summed E-state index contributed by atoms with van der Waals surface area (Å²) >= 11 is 0. The Labute approximate surface area is 98.9 Å². The molecule has 0 radical (unpaired) electrons. The number of phenols is 1. The van der Waals surface area contributed by atoms with E-state index in [4.69, 9.17) is 0 Å². The number of aryl methyl sites for hydroxylation is 1. The molecule has 0 saturated carbocycles. The van der Waals surface area contributed by atoms with Crippen LogP contribution in [0, 0.1) is 0 Å². The van der Waals surface area contributed by atoms with Gasteiger partial charge in [-0.1, -0.05) is 19.1 Å². The van der Waals surface area contributed by atoms with Crippen LogP contribution < -0.4 is 0 Å². The molecule has 0 bridgehead atoms. The van der Waals surface area contributed by atoms with Crippen molar-refractivity contribution in [1.29, 1.82) is 0 Å². The van der Waals surface area contributed by atoms with Gasteiger partial charge < -0.3 is 10.0 Å². The second-order valence-electron chi connectivity index (χ2n) is 4.53. The van der Waals surface area contributed by atoms with Gasteiger partial charge in [-0.25, -0.2) is 0 Å². The maximum absolute atomic E-state index is 9.18. The Morgan fingerprint density at radius 3 is 2.44 bits per heavy atom. The molecule has 1 aromatic carbocycles. The molecule has 0 aromatic heterocycles. The Kier molecular flexibility index (Phi) is 5.33. The number of benzene rings is 1. The van der Waals surface area contributed by atoms with Crippen LogP contribution in [-0.4, -0.2) is 29.6 Å². The molecular formula is C14H23NO. The van der Waals surface area contributed by atoms with Gasteiger partial charge in [0.1, 0.15) is 5.75 Å². The summed E-state index contributed by atoms with van der Waals surface area (Å²) in [4.78, 5) is 2.40. The molecule has 1 unspecified atom stereocenters. The van der Waals surface area contributed by atoms with Crippen molar-refractivity contribution in [1.82, 2.24) is 4.90 Å². The first-order valence-electron chi connectivity index (χ1n) is 6.11. The van der Waals surface area contributed by atoms with Crippen LogP contribution in [0.4, 0.5) is 0 Å². The zero-order valence-electron chi connectivity index (χ0n) is 10.6. The molecule has 90 valence electrons. The molecule has 2 nitrogen and oxygen atoms in total. The molecular weight excluding hydrogens is 198 g/mol. The minimum absolute atomic E-state index is 0.347. The van der Waals surface area contributed by atoms with Crippen LogP contribution in [0.15, 0.2) is 24.3 Å². The maximum Gasteiger partial charge on any atom is 0.115 e. The van der Waals surface area contributed by atoms with E-state index in [0.29, 0.717) is 11.8 Å². The normalized spacial score (nSPS) is 13.0. The van der Waals surface area contributed by atoms with Crippen LogP contribution in [0.5, 0.6) is 5.75 Å². The van der Waals surface area contributed by atoms with Crippen LogP contribution >= 0.6 is 0 Å². The van der Waals surface area contributed by atoms with Crippen molar-refractivity contribution in [3.63, 3.8) is 0 Å². The van der Waals surface area contributed by atoms with E-state index in [1.807, 2.05) is 12.1 Å². The van der Waals surface area contributed by atoms with Crippen molar-refractivity contribution in [2.24, 2.45) is 0 Å². The van der Waals surface area contributed by atoms with Crippen molar-refractivity contribution in [3.05, 3.63) is 29.8 Å². The number of phenolic OH excluding ortho intramolecular Hbond substituents is 1. The third kappa shape index (κ3) is 4.23. The van der Waals surface area contributed by atoms with Gasteiger partial charge in [-0.15, -0.1) is 0 Å². The predicted molar refractivity (Wildman–Crippen MR) is 68.8 cm³/mol. The lowest BCUT2D eigenvalue weighted by molar-refractivity contribution is 0.247. The standard InChI is InChI=1S/C14H23NO/c1-4-11-15(3)12(2)5-6-13-7-9-14(16)10-8-13/h7-10,12,16H,4-6,11H2,1-3H3. The van der Waals surface area contributed by atoms with Gasteiger partial charge in [-0.05, 0) is 57.5 Å². The lowest BCUT2D eigenvalue weighted by atomic mass is 10.1. The summed E-state index contributed by atoms with van der Waals surface area (Å²) in [5, 5.41) is 9.18. The van der Waals surface area contributed by atoms with E-state index < -0.39 is 0 Å². The average Bonchev–Trinajstić information content (AvgIpc) is 2.28. The van der Waals surface area contributed by atoms with E-state index in [1.165, 1.54) is 18.4 Å². The van der Waals surface area contributed by atoms with Gasteiger partial charge in [-0.3, -0.25) is 0 Å². The first-order valence-corrected chi connectivity index (χ1v) is 6.11. The van der Waals surface area contributed by atoms with Crippen LogP contribution in [-0.2, 0) is 6.42 Å². The van der Waals surface area contributed by atoms with Gasteiger partial charge in [0.2, 0.25) is 0 Å². The number of aromatic hydroxyl groups is 1. The minimum Gasteiger partial charge on any atom is -0.508 e. The van der Waals surface area contributed by atoms with Crippen LogP contribution in [0.3, 0.4) is 0 Å². The van der Waals surface area contributed by atoms with Gasteiger partial charge in [0, 0.05) is 6.04 Å². The zero-order valence-corrected chi connectivity index (χ0v) is 10.6. The van der Waals surface area contributed by atoms with E-state index in [9.17, 15) is 5.11 Å². The summed E-state index contributed by atoms with van der Waals surface area (Å²) in [5.41, 5.74) is 1.30. The highest BCUT2D eigenvalue weighted by molar-refractivity contribution is 5.25. The molecule has 16 heavy (non-hydrogen) atoms. The Morgan fingerprint density at radius 2 is 1.88 bits per heavy atom. The quantitative estimate of drug-likeness (QED) is 0.798. The predicted octanol–water partition coefficient (Wildman–Crippen LogP) is 3.06. The van der Waals surface area contributed by atoms with Crippen molar-refractivity contribution in [3.8, 4) is 5.75 Å². The highest BCUT2D eigenvalue weighted by Crippen LogP contribution is 2.13. The number of nitrogens with zero attached hydrogens (tertiary/aromatic N) is 1. The maximum atomic E-state index is 9.18. The van der Waals surface area contributed by atoms with Gasteiger partial charge in [-0.2, -0.15) is 0 Å². The van der Waals surface area contributed by atoms with Gasteiger partial charge >= 0.3 is 0 Å². The summed E-state index contributed by atoms with van der Waals surface area (Å²) in [6, 6.07) is 8.14. The Morgan fingerprint density at radius 1 is 1.25 bits per heavy atom. The summed E-state index contributed by atoms with van der Waals surface area (Å²) in [6.07, 6.45) is 3.46. The first-order chi connectivity index (χ1) is 7.63.